The van der Waals surface area contributed by atoms with Gasteiger partial charge < -0.3 is 0 Å². The molecular weight excluding hydrogens is 258 g/mol. The molecule has 1 unspecified atom stereocenters. The van der Waals surface area contributed by atoms with Gasteiger partial charge in [0.25, 0.3) is 5.91 Å². The standard InChI is InChI=1S/C11H18ClN3OS/c1-3-4-9(11(16)14-13)15(2)7-8-5-6-10(12)17-8/h5-6,9H,3-4,7,13H2,1-2H3,(H,14,16). The fourth-order valence-electron chi connectivity index (χ4n) is 1.71. The summed E-state index contributed by atoms with van der Waals surface area (Å²) >= 11 is 7.41. The zero-order valence-electron chi connectivity index (χ0n) is 10.1. The Morgan fingerprint density at radius 1 is 1.65 bits per heavy atom. The van der Waals surface area contributed by atoms with E-state index in [1.807, 2.05) is 31.0 Å². The van der Waals surface area contributed by atoms with Gasteiger partial charge in [-0.2, -0.15) is 0 Å². The number of amides is 1. The molecule has 1 heterocycles. The zero-order chi connectivity index (χ0) is 12.8. The smallest absolute Gasteiger partial charge is 0.251 e. The van der Waals surface area contributed by atoms with E-state index in [0.29, 0.717) is 6.54 Å². The molecule has 0 aliphatic rings. The third kappa shape index (κ3) is 4.27. The maximum atomic E-state index is 11.6. The molecule has 4 nitrogen and oxygen atoms in total. The molecule has 0 saturated heterocycles. The number of rotatable bonds is 6. The number of nitrogens with zero attached hydrogens (tertiary/aromatic N) is 1. The van der Waals surface area contributed by atoms with Gasteiger partial charge in [-0.15, -0.1) is 11.3 Å². The van der Waals surface area contributed by atoms with E-state index in [1.54, 1.807) is 0 Å². The molecule has 1 rings (SSSR count). The first-order valence-corrected chi connectivity index (χ1v) is 6.72. The van der Waals surface area contributed by atoms with Crippen LogP contribution in [0.2, 0.25) is 4.34 Å². The van der Waals surface area contributed by atoms with Crippen LogP contribution in [-0.4, -0.2) is 23.9 Å². The monoisotopic (exact) mass is 275 g/mol. The van der Waals surface area contributed by atoms with Gasteiger partial charge in [-0.3, -0.25) is 15.1 Å². The van der Waals surface area contributed by atoms with Crippen LogP contribution < -0.4 is 11.3 Å². The third-order valence-electron chi connectivity index (χ3n) is 2.57. The van der Waals surface area contributed by atoms with Gasteiger partial charge in [0, 0.05) is 11.4 Å². The summed E-state index contributed by atoms with van der Waals surface area (Å²) in [7, 11) is 1.92. The van der Waals surface area contributed by atoms with Crippen molar-refractivity contribution in [1.82, 2.24) is 10.3 Å². The van der Waals surface area contributed by atoms with Crippen LogP contribution in [-0.2, 0) is 11.3 Å². The summed E-state index contributed by atoms with van der Waals surface area (Å²) in [6, 6.07) is 3.66. The number of thiophene rings is 1. The van der Waals surface area contributed by atoms with Crippen molar-refractivity contribution < 1.29 is 4.79 Å². The van der Waals surface area contributed by atoms with Crippen molar-refractivity contribution in [3.63, 3.8) is 0 Å². The number of nitrogens with two attached hydrogens (primary N) is 1. The van der Waals surface area contributed by atoms with Crippen LogP contribution in [0, 0.1) is 0 Å². The summed E-state index contributed by atoms with van der Waals surface area (Å²) in [6.45, 7) is 2.75. The largest absolute Gasteiger partial charge is 0.293 e. The van der Waals surface area contributed by atoms with E-state index in [4.69, 9.17) is 17.4 Å². The molecule has 0 bridgehead atoms. The second-order valence-electron chi connectivity index (χ2n) is 3.93. The average Bonchev–Trinajstić information content (AvgIpc) is 2.70. The summed E-state index contributed by atoms with van der Waals surface area (Å²) in [4.78, 5) is 14.8. The quantitative estimate of drug-likeness (QED) is 0.474. The number of hydrogen-bond acceptors (Lipinski definition) is 4. The van der Waals surface area contributed by atoms with E-state index in [1.165, 1.54) is 11.3 Å². The Labute approximate surface area is 111 Å². The first-order chi connectivity index (χ1) is 8.08. The van der Waals surface area contributed by atoms with E-state index in [-0.39, 0.29) is 11.9 Å². The SMILES string of the molecule is CCCC(C(=O)NN)N(C)Cc1ccc(Cl)s1. The predicted octanol–water partition coefficient (Wildman–Crippen LogP) is 1.99. The molecule has 3 N–H and O–H groups in total. The van der Waals surface area contributed by atoms with Crippen molar-refractivity contribution in [3.05, 3.63) is 21.3 Å². The van der Waals surface area contributed by atoms with Crippen LogP contribution in [0.3, 0.4) is 0 Å². The molecule has 0 fully saturated rings. The molecule has 0 saturated carbocycles. The van der Waals surface area contributed by atoms with E-state index in [0.717, 1.165) is 22.1 Å². The molecule has 1 atom stereocenters. The number of carbonyl (C=O) groups excluding carboxylic acids is 1. The lowest BCUT2D eigenvalue weighted by molar-refractivity contribution is -0.126. The number of carbonyl (C=O) groups is 1. The van der Waals surface area contributed by atoms with Crippen molar-refractivity contribution in [2.45, 2.75) is 32.4 Å². The van der Waals surface area contributed by atoms with Gasteiger partial charge in [0.15, 0.2) is 0 Å². The number of hydrogen-bond donors (Lipinski definition) is 2. The first-order valence-electron chi connectivity index (χ1n) is 5.53. The Hall–Kier alpha value is -0.620. The second kappa shape index (κ2) is 6.96. The van der Waals surface area contributed by atoms with Crippen LogP contribution in [0.25, 0.3) is 0 Å². The molecule has 0 aromatic carbocycles. The number of halogens is 1. The van der Waals surface area contributed by atoms with Gasteiger partial charge >= 0.3 is 0 Å². The predicted molar refractivity (Wildman–Crippen MR) is 71.8 cm³/mol. The Bertz CT molecular complexity index is 369. The Kier molecular flexibility index (Phi) is 5.91. The summed E-state index contributed by atoms with van der Waals surface area (Å²) in [5.41, 5.74) is 2.22. The minimum absolute atomic E-state index is 0.142. The van der Waals surface area contributed by atoms with Crippen molar-refractivity contribution in [1.29, 1.82) is 0 Å². The van der Waals surface area contributed by atoms with Gasteiger partial charge in [-0.25, -0.2) is 5.84 Å². The van der Waals surface area contributed by atoms with Gasteiger partial charge in [0.2, 0.25) is 0 Å². The summed E-state index contributed by atoms with van der Waals surface area (Å²) in [6.07, 6.45) is 1.73. The Balaban J connectivity index is 2.64. The van der Waals surface area contributed by atoms with Crippen LogP contribution in [0.4, 0.5) is 0 Å². The molecule has 17 heavy (non-hydrogen) atoms. The maximum Gasteiger partial charge on any atom is 0.251 e. The van der Waals surface area contributed by atoms with E-state index in [9.17, 15) is 4.79 Å². The van der Waals surface area contributed by atoms with Crippen molar-refractivity contribution in [2.75, 3.05) is 7.05 Å². The minimum Gasteiger partial charge on any atom is -0.293 e. The second-order valence-corrected chi connectivity index (χ2v) is 5.73. The van der Waals surface area contributed by atoms with Gasteiger partial charge in [-0.05, 0) is 25.6 Å². The van der Waals surface area contributed by atoms with E-state index in [2.05, 4.69) is 5.43 Å². The highest BCUT2D eigenvalue weighted by Gasteiger charge is 2.21. The van der Waals surface area contributed by atoms with Crippen molar-refractivity contribution >= 4 is 28.8 Å². The number of likely N-dealkylation sites (N-methyl/N-ethyl adjacent to an activating group) is 1. The molecule has 96 valence electrons. The summed E-state index contributed by atoms with van der Waals surface area (Å²) in [5.74, 6) is 5.05. The van der Waals surface area contributed by atoms with E-state index < -0.39 is 0 Å². The zero-order valence-corrected chi connectivity index (χ0v) is 11.6. The molecule has 1 aromatic heterocycles. The summed E-state index contributed by atoms with van der Waals surface area (Å²) in [5, 5.41) is 0. The van der Waals surface area contributed by atoms with Gasteiger partial charge in [0.05, 0.1) is 10.4 Å². The molecule has 6 heteroatoms. The first kappa shape index (κ1) is 14.4. The lowest BCUT2D eigenvalue weighted by Gasteiger charge is -2.25. The Morgan fingerprint density at radius 2 is 2.35 bits per heavy atom. The highest BCUT2D eigenvalue weighted by atomic mass is 35.5. The molecule has 1 amide bonds. The van der Waals surface area contributed by atoms with Crippen LogP contribution in [0.5, 0.6) is 0 Å². The third-order valence-corrected chi connectivity index (χ3v) is 3.79. The van der Waals surface area contributed by atoms with Gasteiger partial charge in [-0.1, -0.05) is 24.9 Å². The van der Waals surface area contributed by atoms with Crippen molar-refractivity contribution in [3.8, 4) is 0 Å². The van der Waals surface area contributed by atoms with Gasteiger partial charge in [0.1, 0.15) is 0 Å². The molecule has 1 aromatic rings. The normalized spacial score (nSPS) is 12.8. The molecule has 0 aliphatic heterocycles. The van der Waals surface area contributed by atoms with Crippen LogP contribution >= 0.6 is 22.9 Å². The molecule has 0 spiro atoms. The fraction of sp³-hybridized carbons (Fsp3) is 0.545. The maximum absolute atomic E-state index is 11.6. The van der Waals surface area contributed by atoms with Crippen LogP contribution in [0.15, 0.2) is 12.1 Å². The van der Waals surface area contributed by atoms with Crippen molar-refractivity contribution in [2.24, 2.45) is 5.84 Å². The highest BCUT2D eigenvalue weighted by Crippen LogP contribution is 2.23. The minimum atomic E-state index is -0.189. The lowest BCUT2D eigenvalue weighted by atomic mass is 10.1. The summed E-state index contributed by atoms with van der Waals surface area (Å²) < 4.78 is 0.767. The molecule has 0 radical (unpaired) electrons. The van der Waals surface area contributed by atoms with E-state index >= 15 is 0 Å². The number of hydrazine groups is 1. The molecular formula is C11H18ClN3OS. The lowest BCUT2D eigenvalue weighted by Crippen LogP contribution is -2.47. The topological polar surface area (TPSA) is 58.4 Å². The fourth-order valence-corrected chi connectivity index (χ4v) is 2.87. The molecule has 0 aliphatic carbocycles. The Morgan fingerprint density at radius 3 is 2.82 bits per heavy atom. The average molecular weight is 276 g/mol. The number of nitrogens with one attached hydrogen (secondary N) is 1. The highest BCUT2D eigenvalue weighted by molar-refractivity contribution is 7.16. The van der Waals surface area contributed by atoms with Crippen LogP contribution in [0.1, 0.15) is 24.6 Å².